The summed E-state index contributed by atoms with van der Waals surface area (Å²) in [5.74, 6) is -0.00537. The van der Waals surface area contributed by atoms with Gasteiger partial charge in [0.1, 0.15) is 12.3 Å². The van der Waals surface area contributed by atoms with Gasteiger partial charge in [0.2, 0.25) is 5.91 Å². The van der Waals surface area contributed by atoms with E-state index >= 15 is 0 Å². The van der Waals surface area contributed by atoms with Gasteiger partial charge in [0.25, 0.3) is 5.91 Å². The van der Waals surface area contributed by atoms with Gasteiger partial charge in [0, 0.05) is 27.6 Å². The molecule has 31 heavy (non-hydrogen) atoms. The summed E-state index contributed by atoms with van der Waals surface area (Å²) >= 11 is 0. The van der Waals surface area contributed by atoms with Gasteiger partial charge >= 0.3 is 0 Å². The van der Waals surface area contributed by atoms with Crippen LogP contribution in [-0.2, 0) is 4.79 Å². The smallest absolute Gasteiger partial charge is 0.255 e. The molecular formula is C25H21N3O3. The van der Waals surface area contributed by atoms with Crippen LogP contribution in [-0.4, -0.2) is 35.4 Å². The average molecular weight is 411 g/mol. The van der Waals surface area contributed by atoms with Crippen molar-refractivity contribution in [2.45, 2.75) is 6.04 Å². The van der Waals surface area contributed by atoms with Gasteiger partial charge < -0.3 is 20.4 Å². The monoisotopic (exact) mass is 411 g/mol. The van der Waals surface area contributed by atoms with Gasteiger partial charge in [-0.25, -0.2) is 0 Å². The molecule has 0 saturated heterocycles. The number of amides is 2. The fraction of sp³-hybridized carbons (Fsp3) is 0.120. The molecule has 6 nitrogen and oxygen atoms in total. The number of hydrogen-bond donors (Lipinski definition) is 2. The number of fused-ring (bicyclic) bond motifs is 2. The minimum atomic E-state index is -0.547. The number of benzene rings is 3. The van der Waals surface area contributed by atoms with Gasteiger partial charge in [-0.3, -0.25) is 9.59 Å². The summed E-state index contributed by atoms with van der Waals surface area (Å²) in [5.41, 5.74) is 10.7. The number of carbonyl (C=O) groups excluding carboxylic acids is 2. The molecule has 5 rings (SSSR count). The summed E-state index contributed by atoms with van der Waals surface area (Å²) < 4.78 is 5.42. The van der Waals surface area contributed by atoms with E-state index in [1.165, 1.54) is 0 Å². The fourth-order valence-electron chi connectivity index (χ4n) is 4.47. The van der Waals surface area contributed by atoms with Gasteiger partial charge in [-0.05, 0) is 29.8 Å². The molecule has 0 aliphatic carbocycles. The first-order valence-electron chi connectivity index (χ1n) is 10.0. The van der Waals surface area contributed by atoms with Crippen molar-refractivity contribution in [3.63, 3.8) is 0 Å². The highest BCUT2D eigenvalue weighted by Crippen LogP contribution is 2.45. The molecule has 154 valence electrons. The Morgan fingerprint density at radius 3 is 2.65 bits per heavy atom. The van der Waals surface area contributed by atoms with Crippen molar-refractivity contribution >= 4 is 22.7 Å². The van der Waals surface area contributed by atoms with E-state index in [1.807, 2.05) is 66.7 Å². The Balaban J connectivity index is 1.80. The van der Waals surface area contributed by atoms with Crippen molar-refractivity contribution < 1.29 is 14.3 Å². The van der Waals surface area contributed by atoms with Crippen LogP contribution >= 0.6 is 0 Å². The number of nitrogens with two attached hydrogens (primary N) is 1. The Hall–Kier alpha value is -4.06. The molecule has 1 unspecified atom stereocenters. The SMILES string of the molecule is COc1cccc(-c2[nH]c3ccccc3c2C2c3ccccc3C(=O)N2CC(N)=O)c1. The average Bonchev–Trinajstić information content (AvgIpc) is 3.29. The molecule has 0 spiro atoms. The summed E-state index contributed by atoms with van der Waals surface area (Å²) in [5, 5.41) is 0.990. The van der Waals surface area contributed by atoms with Crippen LogP contribution in [0.4, 0.5) is 0 Å². The van der Waals surface area contributed by atoms with E-state index in [-0.39, 0.29) is 12.5 Å². The molecule has 0 fully saturated rings. The number of primary amides is 1. The third kappa shape index (κ3) is 3.04. The van der Waals surface area contributed by atoms with Crippen molar-refractivity contribution in [1.82, 2.24) is 9.88 Å². The Labute approximate surface area is 179 Å². The number of ether oxygens (including phenoxy) is 1. The Bertz CT molecular complexity index is 1320. The van der Waals surface area contributed by atoms with Crippen LogP contribution in [0.15, 0.2) is 72.8 Å². The number of aromatic amines is 1. The van der Waals surface area contributed by atoms with Crippen LogP contribution in [0.1, 0.15) is 27.5 Å². The number of nitrogens with zero attached hydrogens (tertiary/aromatic N) is 1. The van der Waals surface area contributed by atoms with Gasteiger partial charge in [0.15, 0.2) is 0 Å². The second-order valence-electron chi connectivity index (χ2n) is 7.58. The zero-order chi connectivity index (χ0) is 21.5. The molecule has 0 bridgehead atoms. The second kappa shape index (κ2) is 7.32. The topological polar surface area (TPSA) is 88.4 Å². The number of aromatic nitrogens is 1. The summed E-state index contributed by atoms with van der Waals surface area (Å²) in [4.78, 5) is 30.2. The van der Waals surface area contributed by atoms with Crippen LogP contribution in [0.3, 0.4) is 0 Å². The third-order valence-electron chi connectivity index (χ3n) is 5.76. The van der Waals surface area contributed by atoms with Crippen LogP contribution in [0, 0.1) is 0 Å². The maximum absolute atomic E-state index is 13.2. The lowest BCUT2D eigenvalue weighted by molar-refractivity contribution is -0.118. The molecule has 4 aromatic rings. The van der Waals surface area contributed by atoms with Gasteiger partial charge in [-0.1, -0.05) is 48.5 Å². The molecule has 6 heteroatoms. The number of hydrogen-bond acceptors (Lipinski definition) is 3. The number of carbonyl (C=O) groups is 2. The molecule has 2 amide bonds. The predicted molar refractivity (Wildman–Crippen MR) is 119 cm³/mol. The number of methoxy groups -OCH3 is 1. The van der Waals surface area contributed by atoms with Crippen molar-refractivity contribution in [3.05, 3.63) is 89.5 Å². The van der Waals surface area contributed by atoms with E-state index in [4.69, 9.17) is 10.5 Å². The molecule has 3 N–H and O–H groups in total. The van der Waals surface area contributed by atoms with Crippen LogP contribution in [0.25, 0.3) is 22.2 Å². The summed E-state index contributed by atoms with van der Waals surface area (Å²) in [7, 11) is 1.63. The molecular weight excluding hydrogens is 390 g/mol. The summed E-state index contributed by atoms with van der Waals surface area (Å²) in [6, 6.07) is 22.8. The maximum atomic E-state index is 13.2. The molecule has 1 aromatic heterocycles. The Kier molecular flexibility index (Phi) is 4.47. The third-order valence-corrected chi connectivity index (χ3v) is 5.76. The first-order chi connectivity index (χ1) is 15.1. The predicted octanol–water partition coefficient (Wildman–Crippen LogP) is 3.87. The van der Waals surface area contributed by atoms with Crippen molar-refractivity contribution in [2.24, 2.45) is 5.73 Å². The van der Waals surface area contributed by atoms with Crippen LogP contribution in [0.2, 0.25) is 0 Å². The zero-order valence-corrected chi connectivity index (χ0v) is 17.0. The highest BCUT2D eigenvalue weighted by Gasteiger charge is 2.40. The van der Waals surface area contributed by atoms with Crippen LogP contribution < -0.4 is 10.5 Å². The molecule has 1 aliphatic rings. The minimum absolute atomic E-state index is 0.158. The van der Waals surface area contributed by atoms with E-state index in [2.05, 4.69) is 4.98 Å². The number of H-pyrrole nitrogens is 1. The van der Waals surface area contributed by atoms with E-state index < -0.39 is 11.9 Å². The van der Waals surface area contributed by atoms with Crippen molar-refractivity contribution in [3.8, 4) is 17.0 Å². The summed E-state index contributed by atoms with van der Waals surface area (Å²) in [6.45, 7) is -0.158. The van der Waals surface area contributed by atoms with Gasteiger partial charge in [0.05, 0.1) is 18.8 Å². The zero-order valence-electron chi connectivity index (χ0n) is 17.0. The molecule has 2 heterocycles. The number of rotatable bonds is 5. The molecule has 1 atom stereocenters. The maximum Gasteiger partial charge on any atom is 0.255 e. The van der Waals surface area contributed by atoms with Gasteiger partial charge in [-0.2, -0.15) is 0 Å². The fourth-order valence-corrected chi connectivity index (χ4v) is 4.47. The summed E-state index contributed by atoms with van der Waals surface area (Å²) in [6.07, 6.45) is 0. The van der Waals surface area contributed by atoms with Crippen molar-refractivity contribution in [2.75, 3.05) is 13.7 Å². The first kappa shape index (κ1) is 18.9. The highest BCUT2D eigenvalue weighted by molar-refractivity contribution is 6.03. The molecule has 1 aliphatic heterocycles. The quantitative estimate of drug-likeness (QED) is 0.522. The van der Waals surface area contributed by atoms with E-state index in [0.717, 1.165) is 39.0 Å². The van der Waals surface area contributed by atoms with Crippen LogP contribution in [0.5, 0.6) is 5.75 Å². The van der Waals surface area contributed by atoms with E-state index in [1.54, 1.807) is 18.1 Å². The number of para-hydroxylation sites is 1. The Morgan fingerprint density at radius 2 is 1.84 bits per heavy atom. The Morgan fingerprint density at radius 1 is 1.06 bits per heavy atom. The lowest BCUT2D eigenvalue weighted by Gasteiger charge is -2.25. The van der Waals surface area contributed by atoms with Crippen molar-refractivity contribution in [1.29, 1.82) is 0 Å². The normalized spacial score (nSPS) is 15.3. The molecule has 3 aromatic carbocycles. The standard InChI is InChI=1S/C25H21N3O3/c1-31-16-8-6-7-15(13-16)23-22(19-11-4-5-12-20(19)27-23)24-17-9-2-3-10-18(17)25(30)28(24)14-21(26)29/h2-13,24,27H,14H2,1H3,(H2,26,29). The van der Waals surface area contributed by atoms with Gasteiger partial charge in [-0.15, -0.1) is 0 Å². The minimum Gasteiger partial charge on any atom is -0.497 e. The lowest BCUT2D eigenvalue weighted by Crippen LogP contribution is -2.37. The van der Waals surface area contributed by atoms with E-state index in [0.29, 0.717) is 5.56 Å². The first-order valence-corrected chi connectivity index (χ1v) is 10.0. The number of nitrogens with one attached hydrogen (secondary N) is 1. The van der Waals surface area contributed by atoms with E-state index in [9.17, 15) is 9.59 Å². The molecule has 0 saturated carbocycles. The largest absolute Gasteiger partial charge is 0.497 e. The molecule has 0 radical (unpaired) electrons. The second-order valence-corrected chi connectivity index (χ2v) is 7.58. The highest BCUT2D eigenvalue weighted by atomic mass is 16.5. The lowest BCUT2D eigenvalue weighted by atomic mass is 9.93.